The Morgan fingerprint density at radius 2 is 2.00 bits per heavy atom. The van der Waals surface area contributed by atoms with Crippen molar-refractivity contribution in [2.24, 2.45) is 5.73 Å². The molecule has 1 aliphatic heterocycles. The summed E-state index contributed by atoms with van der Waals surface area (Å²) >= 11 is 0. The molecule has 1 saturated carbocycles. The summed E-state index contributed by atoms with van der Waals surface area (Å²) in [7, 11) is 0. The molecule has 2 nitrogen and oxygen atoms in total. The summed E-state index contributed by atoms with van der Waals surface area (Å²) in [5.41, 5.74) is 4.97. The third-order valence-electron chi connectivity index (χ3n) is 3.43. The molecule has 2 aliphatic rings. The largest absolute Gasteiger partial charge is 0.372 e. The third kappa shape index (κ3) is 2.80. The fourth-order valence-corrected chi connectivity index (χ4v) is 2.39. The van der Waals surface area contributed by atoms with Crippen LogP contribution in [0.3, 0.4) is 0 Å². The molecule has 0 amide bonds. The van der Waals surface area contributed by atoms with Crippen LogP contribution in [0.1, 0.15) is 38.5 Å². The standard InChI is InChI=1S/C10H17F2NO.ClH/c11-10(12,7-13)6-8-2-5-9(14-8)3-1-4-9;/h8H,1-7,13H2;1H. The van der Waals surface area contributed by atoms with Crippen molar-refractivity contribution in [2.45, 2.75) is 56.2 Å². The summed E-state index contributed by atoms with van der Waals surface area (Å²) < 4.78 is 31.6. The summed E-state index contributed by atoms with van der Waals surface area (Å²) in [6.07, 6.45) is 4.54. The molecule has 2 rings (SSSR count). The van der Waals surface area contributed by atoms with E-state index < -0.39 is 12.5 Å². The van der Waals surface area contributed by atoms with E-state index in [1.54, 1.807) is 0 Å². The summed E-state index contributed by atoms with van der Waals surface area (Å²) in [6, 6.07) is 0. The number of rotatable bonds is 3. The van der Waals surface area contributed by atoms with Gasteiger partial charge in [0, 0.05) is 6.42 Å². The number of hydrogen-bond acceptors (Lipinski definition) is 2. The zero-order valence-corrected chi connectivity index (χ0v) is 9.49. The molecule has 0 aromatic carbocycles. The van der Waals surface area contributed by atoms with E-state index in [0.717, 1.165) is 25.7 Å². The summed E-state index contributed by atoms with van der Waals surface area (Å²) in [5, 5.41) is 0. The average molecular weight is 242 g/mol. The van der Waals surface area contributed by atoms with Crippen LogP contribution in [0.2, 0.25) is 0 Å². The van der Waals surface area contributed by atoms with Crippen LogP contribution in [0, 0.1) is 0 Å². The van der Waals surface area contributed by atoms with E-state index in [4.69, 9.17) is 10.5 Å². The van der Waals surface area contributed by atoms with Gasteiger partial charge in [-0.25, -0.2) is 8.78 Å². The number of alkyl halides is 2. The molecule has 1 atom stereocenters. The van der Waals surface area contributed by atoms with Gasteiger partial charge in [0.1, 0.15) is 0 Å². The van der Waals surface area contributed by atoms with E-state index in [9.17, 15) is 8.78 Å². The van der Waals surface area contributed by atoms with Crippen LogP contribution in [0.25, 0.3) is 0 Å². The highest BCUT2D eigenvalue weighted by molar-refractivity contribution is 5.85. The van der Waals surface area contributed by atoms with Crippen LogP contribution < -0.4 is 5.73 Å². The van der Waals surface area contributed by atoms with Crippen LogP contribution >= 0.6 is 12.4 Å². The second-order valence-electron chi connectivity index (χ2n) is 4.58. The van der Waals surface area contributed by atoms with Gasteiger partial charge in [0.2, 0.25) is 0 Å². The molecule has 90 valence electrons. The first-order valence-electron chi connectivity index (χ1n) is 5.31. The zero-order valence-electron chi connectivity index (χ0n) is 8.68. The maximum Gasteiger partial charge on any atom is 0.262 e. The summed E-state index contributed by atoms with van der Waals surface area (Å²) in [4.78, 5) is 0. The van der Waals surface area contributed by atoms with E-state index in [1.165, 1.54) is 6.42 Å². The van der Waals surface area contributed by atoms with E-state index in [-0.39, 0.29) is 30.5 Å². The molecule has 1 unspecified atom stereocenters. The Bertz CT molecular complexity index is 221. The molecule has 2 fully saturated rings. The van der Waals surface area contributed by atoms with Gasteiger partial charge in [-0.1, -0.05) is 0 Å². The van der Waals surface area contributed by atoms with Crippen LogP contribution in [-0.2, 0) is 4.74 Å². The highest BCUT2D eigenvalue weighted by Gasteiger charge is 2.46. The molecular formula is C10H18ClF2NO. The van der Waals surface area contributed by atoms with Crippen LogP contribution in [0.5, 0.6) is 0 Å². The van der Waals surface area contributed by atoms with E-state index in [1.807, 2.05) is 0 Å². The van der Waals surface area contributed by atoms with Crippen LogP contribution in [0.4, 0.5) is 8.78 Å². The van der Waals surface area contributed by atoms with Gasteiger partial charge in [-0.3, -0.25) is 0 Å². The molecule has 1 aliphatic carbocycles. The Labute approximate surface area is 94.9 Å². The minimum Gasteiger partial charge on any atom is -0.372 e. The van der Waals surface area contributed by atoms with Crippen molar-refractivity contribution in [1.82, 2.24) is 0 Å². The monoisotopic (exact) mass is 241 g/mol. The molecule has 0 aromatic heterocycles. The lowest BCUT2D eigenvalue weighted by atomic mass is 9.78. The highest BCUT2D eigenvalue weighted by Crippen LogP contribution is 2.47. The maximum atomic E-state index is 13.0. The van der Waals surface area contributed by atoms with Crippen molar-refractivity contribution >= 4 is 12.4 Å². The fraction of sp³-hybridized carbons (Fsp3) is 1.00. The Morgan fingerprint density at radius 1 is 1.33 bits per heavy atom. The van der Waals surface area contributed by atoms with Gasteiger partial charge in [0.25, 0.3) is 5.92 Å². The van der Waals surface area contributed by atoms with Gasteiger partial charge in [0.05, 0.1) is 18.2 Å². The number of ether oxygens (including phenoxy) is 1. The lowest BCUT2D eigenvalue weighted by Crippen LogP contribution is -2.38. The molecule has 15 heavy (non-hydrogen) atoms. The zero-order chi connectivity index (χ0) is 10.2. The van der Waals surface area contributed by atoms with E-state index in [0.29, 0.717) is 0 Å². The first-order valence-corrected chi connectivity index (χ1v) is 5.31. The van der Waals surface area contributed by atoms with Gasteiger partial charge in [-0.15, -0.1) is 12.4 Å². The minimum absolute atomic E-state index is 0. The van der Waals surface area contributed by atoms with Gasteiger partial charge >= 0.3 is 0 Å². The molecule has 5 heteroatoms. The second kappa shape index (κ2) is 4.52. The van der Waals surface area contributed by atoms with Gasteiger partial charge < -0.3 is 10.5 Å². The molecular weight excluding hydrogens is 224 g/mol. The Morgan fingerprint density at radius 3 is 2.40 bits per heavy atom. The fourth-order valence-electron chi connectivity index (χ4n) is 2.39. The van der Waals surface area contributed by atoms with Gasteiger partial charge in [-0.05, 0) is 32.1 Å². The van der Waals surface area contributed by atoms with Crippen molar-refractivity contribution in [3.8, 4) is 0 Å². The normalized spacial score (nSPS) is 28.6. The Balaban J connectivity index is 0.00000112. The van der Waals surface area contributed by atoms with E-state index >= 15 is 0 Å². The van der Waals surface area contributed by atoms with Gasteiger partial charge in [-0.2, -0.15) is 0 Å². The van der Waals surface area contributed by atoms with Crippen molar-refractivity contribution in [1.29, 1.82) is 0 Å². The van der Waals surface area contributed by atoms with Crippen molar-refractivity contribution < 1.29 is 13.5 Å². The first-order chi connectivity index (χ1) is 6.55. The topological polar surface area (TPSA) is 35.2 Å². The number of halogens is 3. The lowest BCUT2D eigenvalue weighted by molar-refractivity contribution is -0.119. The van der Waals surface area contributed by atoms with Crippen molar-refractivity contribution in [3.63, 3.8) is 0 Å². The quantitative estimate of drug-likeness (QED) is 0.824. The SMILES string of the molecule is Cl.NCC(F)(F)CC1CCC2(CCC2)O1. The van der Waals surface area contributed by atoms with E-state index in [2.05, 4.69) is 0 Å². The highest BCUT2D eigenvalue weighted by atomic mass is 35.5. The predicted octanol–water partition coefficient (Wildman–Crippen LogP) is 2.49. The molecule has 0 aromatic rings. The average Bonchev–Trinajstić information content (AvgIpc) is 2.47. The second-order valence-corrected chi connectivity index (χ2v) is 4.58. The number of nitrogens with two attached hydrogens (primary N) is 1. The van der Waals surface area contributed by atoms with Crippen LogP contribution in [-0.4, -0.2) is 24.2 Å². The molecule has 1 spiro atoms. The number of hydrogen-bond donors (Lipinski definition) is 1. The molecule has 0 bridgehead atoms. The van der Waals surface area contributed by atoms with Crippen molar-refractivity contribution in [2.75, 3.05) is 6.54 Å². The molecule has 1 heterocycles. The van der Waals surface area contributed by atoms with Gasteiger partial charge in [0.15, 0.2) is 0 Å². The van der Waals surface area contributed by atoms with Crippen LogP contribution in [0.15, 0.2) is 0 Å². The third-order valence-corrected chi connectivity index (χ3v) is 3.43. The van der Waals surface area contributed by atoms with Crippen molar-refractivity contribution in [3.05, 3.63) is 0 Å². The first kappa shape index (κ1) is 13.1. The molecule has 1 saturated heterocycles. The predicted molar refractivity (Wildman–Crippen MR) is 56.6 cm³/mol. The molecule has 0 radical (unpaired) electrons. The minimum atomic E-state index is -2.75. The maximum absolute atomic E-state index is 13.0. The lowest BCUT2D eigenvalue weighted by Gasteiger charge is -2.38. The smallest absolute Gasteiger partial charge is 0.262 e. The molecule has 2 N–H and O–H groups in total. The Hall–Kier alpha value is 0.0700. The summed E-state index contributed by atoms with van der Waals surface area (Å²) in [6.45, 7) is -0.570. The Kier molecular flexibility index (Phi) is 3.95. The summed E-state index contributed by atoms with van der Waals surface area (Å²) in [5.74, 6) is -2.75.